The second kappa shape index (κ2) is 9.38. The summed E-state index contributed by atoms with van der Waals surface area (Å²) in [6.45, 7) is 10.0. The third kappa shape index (κ3) is 5.87. The number of hydrogen-bond donors (Lipinski definition) is 3. The predicted octanol–water partition coefficient (Wildman–Crippen LogP) is 4.94. The van der Waals surface area contributed by atoms with Crippen molar-refractivity contribution < 1.29 is 23.6 Å². The summed E-state index contributed by atoms with van der Waals surface area (Å²) < 4.78 is 25.4. The van der Waals surface area contributed by atoms with E-state index in [1.165, 1.54) is 20.0 Å². The summed E-state index contributed by atoms with van der Waals surface area (Å²) in [5, 5.41) is 13.5. The van der Waals surface area contributed by atoms with Crippen molar-refractivity contribution in [2.75, 3.05) is 5.32 Å². The molecule has 36 heavy (non-hydrogen) atoms. The maximum atomic E-state index is 14.0. The van der Waals surface area contributed by atoms with Gasteiger partial charge in [-0.3, -0.25) is 4.98 Å². The molecule has 2 aliphatic carbocycles. The van der Waals surface area contributed by atoms with Crippen LogP contribution in [0.15, 0.2) is 14.8 Å². The van der Waals surface area contributed by atoms with Gasteiger partial charge in [-0.1, -0.05) is 0 Å². The Labute approximate surface area is 215 Å². The van der Waals surface area contributed by atoms with Gasteiger partial charge < -0.3 is 15.2 Å². The molecule has 0 bridgehead atoms. The number of carbonyl (C=O) groups is 2. The van der Waals surface area contributed by atoms with E-state index < -0.39 is 33.2 Å². The number of carbonyl (C=O) groups excluding carboxylic acids is 2. The van der Waals surface area contributed by atoms with Crippen molar-refractivity contribution in [1.82, 2.24) is 14.7 Å². The monoisotopic (exact) mass is 535 g/mol. The van der Waals surface area contributed by atoms with Crippen LogP contribution in [0.5, 0.6) is 0 Å². The van der Waals surface area contributed by atoms with Gasteiger partial charge in [-0.2, -0.15) is 0 Å². The topological polar surface area (TPSA) is 143 Å². The normalized spacial score (nSPS) is 17.2. The molecule has 196 valence electrons. The molecule has 0 spiro atoms. The number of ether oxygens (including phenoxy) is 1. The van der Waals surface area contributed by atoms with Gasteiger partial charge >= 0.3 is 12.1 Å². The standard InChI is InChI=1S/C24H33N5O5S2/c1-13-18(14-10-11-14)19(15-8-7-9-16(15)26-13)27-21(30)28-36(33,29-22(31)34-23(2,3)4)17-12-25-20(35-17)24(5,6)32/h12,14,32H,7-11H2,1-6H3,(H2,26,27,28,29,30,31,33). The Morgan fingerprint density at radius 3 is 2.50 bits per heavy atom. The molecule has 2 heterocycles. The zero-order chi connectivity index (χ0) is 26.5. The van der Waals surface area contributed by atoms with Crippen LogP contribution in [0.3, 0.4) is 0 Å². The fraction of sp³-hybridized carbons (Fsp3) is 0.583. The van der Waals surface area contributed by atoms with Gasteiger partial charge in [0.25, 0.3) is 0 Å². The molecule has 1 atom stereocenters. The van der Waals surface area contributed by atoms with Crippen LogP contribution in [0, 0.1) is 6.92 Å². The SMILES string of the molecule is Cc1nc2c(c(NC(=O)NS(=O)(=NC(=O)OC(C)(C)C)c3cnc(C(C)(C)O)s3)c1C1CC1)CCC2. The summed E-state index contributed by atoms with van der Waals surface area (Å²) in [6, 6.07) is -0.757. The number of hydrogen-bond acceptors (Lipinski definition) is 8. The van der Waals surface area contributed by atoms with Crippen LogP contribution in [-0.2, 0) is 33.1 Å². The molecule has 0 aromatic carbocycles. The zero-order valence-corrected chi connectivity index (χ0v) is 23.1. The highest BCUT2D eigenvalue weighted by atomic mass is 32.2. The molecule has 3 amide bonds. The van der Waals surface area contributed by atoms with Crippen molar-refractivity contribution in [1.29, 1.82) is 0 Å². The Kier molecular flexibility index (Phi) is 6.91. The highest BCUT2D eigenvalue weighted by Crippen LogP contribution is 2.47. The number of rotatable bonds is 5. The lowest BCUT2D eigenvalue weighted by Gasteiger charge is -2.19. The third-order valence-electron chi connectivity index (χ3n) is 5.78. The molecule has 10 nitrogen and oxygen atoms in total. The van der Waals surface area contributed by atoms with Crippen molar-refractivity contribution in [2.45, 2.75) is 95.0 Å². The highest BCUT2D eigenvalue weighted by molar-refractivity contribution is 7.94. The molecule has 2 aromatic heterocycles. The Bertz CT molecular complexity index is 1330. The molecule has 4 rings (SSSR count). The molecule has 1 unspecified atom stereocenters. The fourth-order valence-electron chi connectivity index (χ4n) is 4.18. The molecule has 0 saturated heterocycles. The minimum atomic E-state index is -3.82. The first-order valence-electron chi connectivity index (χ1n) is 12.0. The number of aliphatic hydroxyl groups is 1. The van der Waals surface area contributed by atoms with E-state index >= 15 is 0 Å². The summed E-state index contributed by atoms with van der Waals surface area (Å²) in [4.78, 5) is 34.7. The molecule has 2 aliphatic rings. The number of fused-ring (bicyclic) bond motifs is 1. The molecule has 1 fully saturated rings. The number of pyridine rings is 1. The van der Waals surface area contributed by atoms with Gasteiger partial charge in [0, 0.05) is 17.0 Å². The number of anilines is 1. The van der Waals surface area contributed by atoms with Crippen molar-refractivity contribution >= 4 is 39.1 Å². The van der Waals surface area contributed by atoms with Gasteiger partial charge in [-0.05, 0) is 85.1 Å². The Balaban J connectivity index is 1.70. The molecular formula is C24H33N5O5S2. The first-order chi connectivity index (χ1) is 16.7. The van der Waals surface area contributed by atoms with Crippen LogP contribution in [0.2, 0.25) is 0 Å². The van der Waals surface area contributed by atoms with Crippen LogP contribution in [0.25, 0.3) is 0 Å². The minimum Gasteiger partial charge on any atom is -0.442 e. The highest BCUT2D eigenvalue weighted by Gasteiger charge is 2.34. The number of thiazole rings is 1. The lowest BCUT2D eigenvalue weighted by Crippen LogP contribution is -2.35. The van der Waals surface area contributed by atoms with E-state index in [0.29, 0.717) is 5.92 Å². The summed E-state index contributed by atoms with van der Waals surface area (Å²) in [7, 11) is -3.82. The second-order valence-electron chi connectivity index (χ2n) is 10.7. The Hall–Kier alpha value is -2.57. The van der Waals surface area contributed by atoms with Crippen LogP contribution < -0.4 is 10.0 Å². The maximum absolute atomic E-state index is 14.0. The van der Waals surface area contributed by atoms with Crippen LogP contribution >= 0.6 is 11.3 Å². The Morgan fingerprint density at radius 1 is 1.22 bits per heavy atom. The van der Waals surface area contributed by atoms with E-state index in [2.05, 4.69) is 19.4 Å². The lowest BCUT2D eigenvalue weighted by atomic mass is 10.0. The zero-order valence-electron chi connectivity index (χ0n) is 21.4. The lowest BCUT2D eigenvalue weighted by molar-refractivity contribution is 0.0607. The first kappa shape index (κ1) is 26.5. The van der Waals surface area contributed by atoms with E-state index in [1.807, 2.05) is 6.92 Å². The summed E-state index contributed by atoms with van der Waals surface area (Å²) in [5.74, 6) is 0.338. The molecule has 1 saturated carbocycles. The number of aromatic nitrogens is 2. The summed E-state index contributed by atoms with van der Waals surface area (Å²) in [5.41, 5.74) is 2.44. The van der Waals surface area contributed by atoms with Crippen LogP contribution in [-0.4, -0.2) is 37.0 Å². The maximum Gasteiger partial charge on any atom is 0.444 e. The van der Waals surface area contributed by atoms with Crippen molar-refractivity contribution in [2.24, 2.45) is 4.36 Å². The van der Waals surface area contributed by atoms with Gasteiger partial charge in [-0.25, -0.2) is 23.5 Å². The number of urea groups is 1. The molecular weight excluding hydrogens is 502 g/mol. The molecule has 12 heteroatoms. The first-order valence-corrected chi connectivity index (χ1v) is 14.3. The van der Waals surface area contributed by atoms with E-state index in [4.69, 9.17) is 9.72 Å². The summed E-state index contributed by atoms with van der Waals surface area (Å²) in [6.07, 6.45) is 4.84. The quantitative estimate of drug-likeness (QED) is 0.492. The van der Waals surface area contributed by atoms with E-state index in [0.717, 1.165) is 71.6 Å². The largest absolute Gasteiger partial charge is 0.444 e. The van der Waals surface area contributed by atoms with E-state index in [9.17, 15) is 18.9 Å². The van der Waals surface area contributed by atoms with Gasteiger partial charge in [0.2, 0.25) is 0 Å². The number of nitrogens with one attached hydrogen (secondary N) is 2. The van der Waals surface area contributed by atoms with E-state index in [1.54, 1.807) is 20.8 Å². The average molecular weight is 536 g/mol. The molecule has 3 N–H and O–H groups in total. The minimum absolute atomic E-state index is 0.0270. The summed E-state index contributed by atoms with van der Waals surface area (Å²) >= 11 is 0.905. The van der Waals surface area contributed by atoms with Gasteiger partial charge in [0.05, 0.1) is 11.9 Å². The molecule has 0 aliphatic heterocycles. The van der Waals surface area contributed by atoms with E-state index in [-0.39, 0.29) is 9.22 Å². The smallest absolute Gasteiger partial charge is 0.442 e. The van der Waals surface area contributed by atoms with Crippen molar-refractivity contribution in [3.63, 3.8) is 0 Å². The predicted molar refractivity (Wildman–Crippen MR) is 138 cm³/mol. The number of aryl methyl sites for hydroxylation is 2. The Morgan fingerprint density at radius 2 is 1.92 bits per heavy atom. The average Bonchev–Trinajstić information content (AvgIpc) is 3.21. The fourth-order valence-corrected chi connectivity index (χ4v) is 6.74. The number of amides is 3. The molecule has 2 aromatic rings. The van der Waals surface area contributed by atoms with Gasteiger partial charge in [0.1, 0.15) is 20.4 Å². The van der Waals surface area contributed by atoms with Gasteiger partial charge in [-0.15, -0.1) is 15.7 Å². The van der Waals surface area contributed by atoms with Crippen molar-refractivity contribution in [3.8, 4) is 0 Å². The third-order valence-corrected chi connectivity index (χ3v) is 9.34. The molecule has 0 radical (unpaired) electrons. The van der Waals surface area contributed by atoms with Crippen LogP contribution in [0.4, 0.5) is 15.3 Å². The van der Waals surface area contributed by atoms with Gasteiger partial charge in [0.15, 0.2) is 9.92 Å². The van der Waals surface area contributed by atoms with Crippen molar-refractivity contribution in [3.05, 3.63) is 33.7 Å². The second-order valence-corrected chi connectivity index (χ2v) is 13.9. The van der Waals surface area contributed by atoms with Crippen LogP contribution in [0.1, 0.15) is 87.3 Å². The number of nitrogens with zero attached hydrogens (tertiary/aromatic N) is 3.